The zero-order valence-electron chi connectivity index (χ0n) is 17.4. The van der Waals surface area contributed by atoms with E-state index in [-0.39, 0.29) is 24.3 Å². The summed E-state index contributed by atoms with van der Waals surface area (Å²) in [5, 5.41) is 8.41. The minimum absolute atomic E-state index is 0.00679. The topological polar surface area (TPSA) is 90.5 Å². The molecule has 0 bridgehead atoms. The van der Waals surface area contributed by atoms with Gasteiger partial charge in [0.05, 0.1) is 6.54 Å². The van der Waals surface area contributed by atoms with Crippen molar-refractivity contribution >= 4 is 29.1 Å². The molecular formula is C23H28N4O3. The third-order valence-corrected chi connectivity index (χ3v) is 5.29. The van der Waals surface area contributed by atoms with Crippen LogP contribution in [0.3, 0.4) is 0 Å². The zero-order valence-corrected chi connectivity index (χ0v) is 17.4. The van der Waals surface area contributed by atoms with Gasteiger partial charge in [0, 0.05) is 42.6 Å². The number of nitrogens with one attached hydrogen (secondary N) is 3. The average Bonchev–Trinajstić information content (AvgIpc) is 2.77. The quantitative estimate of drug-likeness (QED) is 0.685. The number of carbonyl (C=O) groups excluding carboxylic acids is 3. The predicted octanol–water partition coefficient (Wildman–Crippen LogP) is 2.97. The Hall–Kier alpha value is -3.35. The van der Waals surface area contributed by atoms with E-state index < -0.39 is 0 Å². The fraction of sp³-hybridized carbons (Fsp3) is 0.348. The van der Waals surface area contributed by atoms with E-state index in [0.717, 1.165) is 31.6 Å². The highest BCUT2D eigenvalue weighted by Gasteiger charge is 2.21. The van der Waals surface area contributed by atoms with Gasteiger partial charge in [0.15, 0.2) is 0 Å². The number of benzene rings is 2. The first-order chi connectivity index (χ1) is 14.5. The second-order valence-corrected chi connectivity index (χ2v) is 7.61. The lowest BCUT2D eigenvalue weighted by atomic mass is 9.98. The SMILES string of the molecule is CNC(=O)c1ccc(NCC(=O)Nc2cccc(C(=O)N3CCC(C)CC3)c2)cc1. The lowest BCUT2D eigenvalue weighted by Gasteiger charge is -2.30. The van der Waals surface area contributed by atoms with Crippen LogP contribution in [0.2, 0.25) is 0 Å². The fourth-order valence-electron chi connectivity index (χ4n) is 3.40. The molecule has 0 aromatic heterocycles. The Balaban J connectivity index is 1.53. The standard InChI is InChI=1S/C23H28N4O3/c1-16-10-12-27(13-11-16)23(30)18-4-3-5-20(14-18)26-21(28)15-25-19-8-6-17(7-9-19)22(29)24-2/h3-9,14,16,25H,10-13,15H2,1-2H3,(H,24,29)(H,26,28). The number of amides is 3. The Morgan fingerprint density at radius 2 is 1.67 bits per heavy atom. The normalized spacial score (nSPS) is 14.1. The first-order valence-electron chi connectivity index (χ1n) is 10.2. The molecule has 0 aliphatic carbocycles. The highest BCUT2D eigenvalue weighted by molar-refractivity contribution is 5.98. The summed E-state index contributed by atoms with van der Waals surface area (Å²) >= 11 is 0. The molecule has 7 nitrogen and oxygen atoms in total. The molecule has 1 fully saturated rings. The molecule has 158 valence electrons. The van der Waals surface area contributed by atoms with Gasteiger partial charge in [0.25, 0.3) is 11.8 Å². The van der Waals surface area contributed by atoms with Gasteiger partial charge in [0.2, 0.25) is 5.91 Å². The van der Waals surface area contributed by atoms with E-state index in [1.54, 1.807) is 55.6 Å². The second-order valence-electron chi connectivity index (χ2n) is 7.61. The van der Waals surface area contributed by atoms with Crippen molar-refractivity contribution in [3.8, 4) is 0 Å². The van der Waals surface area contributed by atoms with Gasteiger partial charge in [-0.3, -0.25) is 14.4 Å². The van der Waals surface area contributed by atoms with Crippen molar-refractivity contribution in [2.75, 3.05) is 37.3 Å². The van der Waals surface area contributed by atoms with E-state index in [0.29, 0.717) is 22.7 Å². The molecule has 0 spiro atoms. The summed E-state index contributed by atoms with van der Waals surface area (Å²) in [6.45, 7) is 3.84. The number of carbonyl (C=O) groups is 3. The second kappa shape index (κ2) is 9.91. The fourth-order valence-corrected chi connectivity index (χ4v) is 3.40. The van der Waals surface area contributed by atoms with Gasteiger partial charge in [-0.1, -0.05) is 13.0 Å². The summed E-state index contributed by atoms with van der Waals surface area (Å²) in [5.74, 6) is 0.286. The number of piperidine rings is 1. The Labute approximate surface area is 176 Å². The molecule has 1 aliphatic heterocycles. The molecule has 1 aliphatic rings. The molecule has 0 radical (unpaired) electrons. The van der Waals surface area contributed by atoms with Crippen molar-refractivity contribution in [3.05, 3.63) is 59.7 Å². The van der Waals surface area contributed by atoms with Crippen molar-refractivity contribution in [2.24, 2.45) is 5.92 Å². The van der Waals surface area contributed by atoms with Crippen LogP contribution in [0.4, 0.5) is 11.4 Å². The molecule has 3 amide bonds. The Morgan fingerprint density at radius 1 is 0.967 bits per heavy atom. The molecule has 2 aromatic carbocycles. The van der Waals surface area contributed by atoms with E-state index in [2.05, 4.69) is 22.9 Å². The molecule has 30 heavy (non-hydrogen) atoms. The lowest BCUT2D eigenvalue weighted by Crippen LogP contribution is -2.37. The molecule has 0 unspecified atom stereocenters. The molecule has 1 heterocycles. The summed E-state index contributed by atoms with van der Waals surface area (Å²) < 4.78 is 0. The largest absolute Gasteiger partial charge is 0.376 e. The first kappa shape index (κ1) is 21.4. The number of hydrogen-bond acceptors (Lipinski definition) is 4. The van der Waals surface area contributed by atoms with Crippen molar-refractivity contribution in [3.63, 3.8) is 0 Å². The highest BCUT2D eigenvalue weighted by Crippen LogP contribution is 2.19. The first-order valence-corrected chi connectivity index (χ1v) is 10.2. The minimum atomic E-state index is -0.221. The molecule has 3 rings (SSSR count). The summed E-state index contributed by atoms with van der Waals surface area (Å²) in [5.41, 5.74) is 2.46. The third-order valence-electron chi connectivity index (χ3n) is 5.29. The zero-order chi connectivity index (χ0) is 21.5. The molecule has 1 saturated heterocycles. The smallest absolute Gasteiger partial charge is 0.253 e. The van der Waals surface area contributed by atoms with Gasteiger partial charge < -0.3 is 20.9 Å². The monoisotopic (exact) mass is 408 g/mol. The van der Waals surface area contributed by atoms with E-state index >= 15 is 0 Å². The predicted molar refractivity (Wildman–Crippen MR) is 118 cm³/mol. The van der Waals surface area contributed by atoms with E-state index in [1.165, 1.54) is 0 Å². The van der Waals surface area contributed by atoms with Crippen LogP contribution < -0.4 is 16.0 Å². The van der Waals surface area contributed by atoms with Crippen molar-refractivity contribution < 1.29 is 14.4 Å². The van der Waals surface area contributed by atoms with Gasteiger partial charge in [-0.15, -0.1) is 0 Å². The van der Waals surface area contributed by atoms with Gasteiger partial charge in [-0.25, -0.2) is 0 Å². The van der Waals surface area contributed by atoms with Crippen LogP contribution in [0.25, 0.3) is 0 Å². The maximum atomic E-state index is 12.7. The van der Waals surface area contributed by atoms with Crippen molar-refractivity contribution in [1.82, 2.24) is 10.2 Å². The van der Waals surface area contributed by atoms with E-state index in [4.69, 9.17) is 0 Å². The summed E-state index contributed by atoms with van der Waals surface area (Å²) in [6, 6.07) is 13.9. The molecule has 0 saturated carbocycles. The third kappa shape index (κ3) is 5.59. The van der Waals surface area contributed by atoms with E-state index in [1.807, 2.05) is 4.90 Å². The number of likely N-dealkylation sites (tertiary alicyclic amines) is 1. The average molecular weight is 409 g/mol. The van der Waals surface area contributed by atoms with Crippen molar-refractivity contribution in [2.45, 2.75) is 19.8 Å². The Morgan fingerprint density at radius 3 is 2.33 bits per heavy atom. The van der Waals surface area contributed by atoms with Gasteiger partial charge in [0.1, 0.15) is 0 Å². The molecule has 7 heteroatoms. The van der Waals surface area contributed by atoms with Gasteiger partial charge >= 0.3 is 0 Å². The molecule has 2 aromatic rings. The maximum Gasteiger partial charge on any atom is 0.253 e. The van der Waals surface area contributed by atoms with Crippen molar-refractivity contribution in [1.29, 1.82) is 0 Å². The van der Waals surface area contributed by atoms with Crippen LogP contribution in [0, 0.1) is 5.92 Å². The van der Waals surface area contributed by atoms with Gasteiger partial charge in [-0.05, 0) is 61.2 Å². The number of nitrogens with zero attached hydrogens (tertiary/aromatic N) is 1. The Bertz CT molecular complexity index is 903. The summed E-state index contributed by atoms with van der Waals surface area (Å²) in [7, 11) is 1.58. The molecular weight excluding hydrogens is 380 g/mol. The lowest BCUT2D eigenvalue weighted by molar-refractivity contribution is -0.114. The summed E-state index contributed by atoms with van der Waals surface area (Å²) in [6.07, 6.45) is 2.05. The maximum absolute atomic E-state index is 12.7. The van der Waals surface area contributed by atoms with Crippen LogP contribution in [0.1, 0.15) is 40.5 Å². The number of anilines is 2. The highest BCUT2D eigenvalue weighted by atomic mass is 16.2. The van der Waals surface area contributed by atoms with Crippen LogP contribution >= 0.6 is 0 Å². The van der Waals surface area contributed by atoms with Crippen LogP contribution in [0.15, 0.2) is 48.5 Å². The summed E-state index contributed by atoms with van der Waals surface area (Å²) in [4.78, 5) is 38.5. The molecule has 3 N–H and O–H groups in total. The minimum Gasteiger partial charge on any atom is -0.376 e. The molecule has 0 atom stereocenters. The van der Waals surface area contributed by atoms with Crippen LogP contribution in [-0.4, -0.2) is 49.3 Å². The van der Waals surface area contributed by atoms with Gasteiger partial charge in [-0.2, -0.15) is 0 Å². The van der Waals surface area contributed by atoms with Crippen LogP contribution in [0.5, 0.6) is 0 Å². The Kier molecular flexibility index (Phi) is 7.06. The number of hydrogen-bond donors (Lipinski definition) is 3. The van der Waals surface area contributed by atoms with Crippen LogP contribution in [-0.2, 0) is 4.79 Å². The number of rotatable bonds is 6. The van der Waals surface area contributed by atoms with E-state index in [9.17, 15) is 14.4 Å².